The first-order valence-corrected chi connectivity index (χ1v) is 16.5. The summed E-state index contributed by atoms with van der Waals surface area (Å²) in [4.78, 5) is 26.7. The summed E-state index contributed by atoms with van der Waals surface area (Å²) in [6, 6.07) is 4.60. The fourth-order valence-corrected chi connectivity index (χ4v) is 4.88. The average molecular weight is 572 g/mol. The number of carbonyl (C=O) groups is 2. The molecule has 4 rings (SSSR count). The summed E-state index contributed by atoms with van der Waals surface area (Å²) in [5.74, 6) is -1.20. The van der Waals surface area contributed by atoms with Crippen molar-refractivity contribution in [1.82, 2.24) is 4.90 Å². The molecule has 188 valence electrons. The van der Waals surface area contributed by atoms with E-state index in [-0.39, 0.29) is 46.9 Å². The van der Waals surface area contributed by atoms with Gasteiger partial charge in [-0.25, -0.2) is 0 Å². The number of benzene rings is 1. The summed E-state index contributed by atoms with van der Waals surface area (Å²) in [6.45, 7) is 8.79. The maximum atomic E-state index is 13.2. The molecule has 2 heterocycles. The Hall–Kier alpha value is -1.10. The van der Waals surface area contributed by atoms with Gasteiger partial charge in [0.15, 0.2) is 0 Å². The quantitative estimate of drug-likeness (QED) is 0.124. The second-order valence-corrected chi connectivity index (χ2v) is 15.1. The maximum absolute atomic E-state index is 13.2. The number of fused-ring (bicyclic) bond motifs is 2. The van der Waals surface area contributed by atoms with E-state index in [0.717, 1.165) is 17.2 Å². The van der Waals surface area contributed by atoms with Crippen LogP contribution in [0.4, 0.5) is 0 Å². The number of aliphatic hydroxyl groups excluding tert-OH is 1. The van der Waals surface area contributed by atoms with Crippen LogP contribution >= 0.6 is 8.02 Å². The van der Waals surface area contributed by atoms with Crippen molar-refractivity contribution in [2.75, 3.05) is 26.6 Å². The molecule has 35 heavy (non-hydrogen) atoms. The molecule has 1 aliphatic heterocycles. The van der Waals surface area contributed by atoms with E-state index in [1.807, 2.05) is 6.07 Å². The molecular formula is C23H31NO7PSSiTi+. The number of nitrogens with zero attached hydrogens (tertiary/aromatic N) is 1. The van der Waals surface area contributed by atoms with Crippen molar-refractivity contribution in [3.63, 3.8) is 0 Å². The van der Waals surface area contributed by atoms with Crippen LogP contribution in [0.2, 0.25) is 25.7 Å². The zero-order chi connectivity index (χ0) is 24.9. The normalized spacial score (nSPS) is 19.5. The summed E-state index contributed by atoms with van der Waals surface area (Å²) >= 11 is 3.89. The van der Waals surface area contributed by atoms with Crippen LogP contribution in [0.1, 0.15) is 30.1 Å². The second kappa shape index (κ2) is 13.4. The van der Waals surface area contributed by atoms with Crippen molar-refractivity contribution < 1.29 is 54.7 Å². The molecule has 2 amide bonds. The monoisotopic (exact) mass is 572 g/mol. The van der Waals surface area contributed by atoms with E-state index in [1.165, 1.54) is 11.4 Å². The Morgan fingerprint density at radius 3 is 2.71 bits per heavy atom. The summed E-state index contributed by atoms with van der Waals surface area (Å²) in [5.41, 5.74) is 2.95. The Balaban J connectivity index is 0.00000140. The first-order valence-electron chi connectivity index (χ1n) is 11.2. The number of carbonyl (C=O) groups excluding carboxylic acids is 2. The van der Waals surface area contributed by atoms with Gasteiger partial charge < -0.3 is 14.6 Å². The predicted molar refractivity (Wildman–Crippen MR) is 136 cm³/mol. The third kappa shape index (κ3) is 7.23. The standard InChI is InChI=1S/C23H30NO7Si.HPS.Ti/c1-32(2,3)8-7-28-13-31-22-16-11-20-19(29-14-30-20)10-15(16)9-17(18(22)12-25)23(27)24-6-4-5-21(24)26;1-2;/h9-11,14,18,22,25H,4-8,12-13H2,1-3H3;1H;/q+1;;. The van der Waals surface area contributed by atoms with Gasteiger partial charge in [-0.1, -0.05) is 31.4 Å². The van der Waals surface area contributed by atoms with E-state index in [2.05, 4.69) is 39.5 Å². The van der Waals surface area contributed by atoms with Gasteiger partial charge >= 0.3 is 17.6 Å². The zero-order valence-electron chi connectivity index (χ0n) is 20.2. The van der Waals surface area contributed by atoms with Crippen LogP contribution in [0, 0.1) is 5.92 Å². The number of hydrogen-bond acceptors (Lipinski definition) is 7. The maximum Gasteiger partial charge on any atom is 0.485 e. The molecule has 1 fully saturated rings. The number of amides is 2. The Morgan fingerprint density at radius 2 is 2.09 bits per heavy atom. The first kappa shape index (κ1) is 30.1. The van der Waals surface area contributed by atoms with Crippen molar-refractivity contribution in [2.45, 2.75) is 44.6 Å². The van der Waals surface area contributed by atoms with Crippen LogP contribution in [-0.2, 0) is 52.6 Å². The van der Waals surface area contributed by atoms with Gasteiger partial charge in [-0.15, -0.1) is 0 Å². The molecule has 2 atom stereocenters. The van der Waals surface area contributed by atoms with Gasteiger partial charge in [0, 0.05) is 73.0 Å². The SMILES string of the molecule is C[Si](C)(C)CCOCOC1c2cc3oc[o+]c3cc2C=C(C(=O)N2CCCC2=O)C1CO.P=S.[Ti]. The molecule has 1 saturated heterocycles. The molecule has 0 bridgehead atoms. The molecule has 0 radical (unpaired) electrons. The third-order valence-electron chi connectivity index (χ3n) is 5.97. The van der Waals surface area contributed by atoms with Crippen LogP contribution in [0.5, 0.6) is 0 Å². The van der Waals surface area contributed by atoms with E-state index in [4.69, 9.17) is 18.3 Å². The van der Waals surface area contributed by atoms with Gasteiger partial charge in [0.25, 0.3) is 5.91 Å². The van der Waals surface area contributed by atoms with Gasteiger partial charge in [-0.3, -0.25) is 23.3 Å². The molecule has 1 aromatic heterocycles. The molecule has 2 aliphatic rings. The molecule has 12 heteroatoms. The van der Waals surface area contributed by atoms with Gasteiger partial charge in [-0.05, 0) is 37.7 Å². The van der Waals surface area contributed by atoms with Gasteiger partial charge in [0.2, 0.25) is 5.91 Å². The summed E-state index contributed by atoms with van der Waals surface area (Å²) in [7, 11) is 1.33. The minimum absolute atomic E-state index is 0. The smallest absolute Gasteiger partial charge is 0.396 e. The molecule has 2 unspecified atom stereocenters. The molecule has 0 saturated carbocycles. The number of likely N-dealkylation sites (tertiary alicyclic amines) is 1. The van der Waals surface area contributed by atoms with E-state index < -0.39 is 20.1 Å². The van der Waals surface area contributed by atoms with Crippen LogP contribution in [0.15, 0.2) is 33.0 Å². The molecular weight excluding hydrogens is 541 g/mol. The van der Waals surface area contributed by atoms with Gasteiger partial charge in [0.1, 0.15) is 6.79 Å². The number of rotatable bonds is 8. The molecule has 2 aromatic rings. The van der Waals surface area contributed by atoms with Crippen molar-refractivity contribution in [1.29, 1.82) is 0 Å². The summed E-state index contributed by atoms with van der Waals surface area (Å²) in [6.07, 6.45) is 2.10. The average Bonchev–Trinajstić information content (AvgIpc) is 3.45. The minimum Gasteiger partial charge on any atom is -0.396 e. The van der Waals surface area contributed by atoms with Crippen molar-refractivity contribution in [3.05, 3.63) is 35.3 Å². The number of aliphatic hydroxyl groups is 1. The topological polar surface area (TPSA) is 101 Å². The Bertz CT molecular complexity index is 1070. The first-order chi connectivity index (χ1) is 16.3. The van der Waals surface area contributed by atoms with E-state index in [0.29, 0.717) is 42.7 Å². The fraction of sp³-hybridized carbons (Fsp3) is 0.522. The molecule has 1 aliphatic carbocycles. The molecule has 0 spiro atoms. The van der Waals surface area contributed by atoms with Crippen LogP contribution in [0.25, 0.3) is 17.2 Å². The number of imide groups is 1. The fourth-order valence-electron chi connectivity index (χ4n) is 4.13. The van der Waals surface area contributed by atoms with Crippen LogP contribution in [-0.4, -0.2) is 56.4 Å². The predicted octanol–water partition coefficient (Wildman–Crippen LogP) is 4.42. The van der Waals surface area contributed by atoms with E-state index in [1.54, 1.807) is 12.1 Å². The van der Waals surface area contributed by atoms with Crippen LogP contribution < -0.4 is 0 Å². The Labute approximate surface area is 228 Å². The van der Waals surface area contributed by atoms with E-state index >= 15 is 0 Å². The van der Waals surface area contributed by atoms with Crippen LogP contribution in [0.3, 0.4) is 0 Å². The molecule has 1 N–H and O–H groups in total. The zero-order valence-corrected chi connectivity index (χ0v) is 24.5. The van der Waals surface area contributed by atoms with Gasteiger partial charge in [0.05, 0.1) is 12.7 Å². The van der Waals surface area contributed by atoms with E-state index in [9.17, 15) is 14.7 Å². The third-order valence-corrected chi connectivity index (χ3v) is 7.68. The minimum atomic E-state index is -1.23. The summed E-state index contributed by atoms with van der Waals surface area (Å²) < 4.78 is 22.6. The number of ether oxygens (including phenoxy) is 2. The molecule has 8 nitrogen and oxygen atoms in total. The summed E-state index contributed by atoms with van der Waals surface area (Å²) in [5, 5.41) is 10.2. The van der Waals surface area contributed by atoms with Crippen molar-refractivity contribution in [3.8, 4) is 0 Å². The van der Waals surface area contributed by atoms with Crippen molar-refractivity contribution in [2.24, 2.45) is 5.92 Å². The largest absolute Gasteiger partial charge is 0.485 e. The second-order valence-electron chi connectivity index (χ2n) is 9.53. The Morgan fingerprint density at radius 1 is 1.34 bits per heavy atom. The van der Waals surface area contributed by atoms with Crippen molar-refractivity contribution >= 4 is 57.0 Å². The Kier molecular flexibility index (Phi) is 11.6. The van der Waals surface area contributed by atoms with Gasteiger partial charge in [-0.2, -0.15) is 0 Å². The molecule has 1 aromatic carbocycles. The number of hydrogen-bond donors (Lipinski definition) is 1.